The molecule has 0 spiro atoms. The van der Waals surface area contributed by atoms with Gasteiger partial charge in [0.1, 0.15) is 0 Å². The topological polar surface area (TPSA) is 41.4 Å². The zero-order valence-electron chi connectivity index (χ0n) is 14.5. The van der Waals surface area contributed by atoms with E-state index in [1.807, 2.05) is 7.05 Å². The van der Waals surface area contributed by atoms with Crippen LogP contribution in [0.15, 0.2) is 23.5 Å². The van der Waals surface area contributed by atoms with Crippen LogP contribution < -0.4 is 10.6 Å². The van der Waals surface area contributed by atoms with Gasteiger partial charge in [-0.15, -0.1) is 0 Å². The fourth-order valence-electron chi connectivity index (χ4n) is 2.10. The van der Waals surface area contributed by atoms with Crippen molar-refractivity contribution in [2.24, 2.45) is 17.5 Å². The van der Waals surface area contributed by atoms with E-state index in [1.54, 1.807) is 0 Å². The minimum Gasteiger partial charge on any atom is -0.357 e. The molecule has 0 amide bonds. The summed E-state index contributed by atoms with van der Waals surface area (Å²) < 4.78 is 2.05. The van der Waals surface area contributed by atoms with Gasteiger partial charge in [-0.3, -0.25) is 0 Å². The third-order valence-corrected chi connectivity index (χ3v) is 3.37. The summed E-state index contributed by atoms with van der Waals surface area (Å²) in [6.45, 7) is 12.8. The van der Waals surface area contributed by atoms with Gasteiger partial charge in [0.25, 0.3) is 0 Å². The summed E-state index contributed by atoms with van der Waals surface area (Å²) in [6.07, 6.45) is 6.52. The number of hydrogen-bond acceptors (Lipinski definition) is 1. The van der Waals surface area contributed by atoms with Crippen LogP contribution in [0.2, 0.25) is 0 Å². The van der Waals surface area contributed by atoms with Crippen LogP contribution in [0.25, 0.3) is 0 Å². The molecule has 0 aliphatic heterocycles. The minimum absolute atomic E-state index is 0.384. The average Bonchev–Trinajstić information content (AvgIpc) is 2.79. The first-order chi connectivity index (χ1) is 9.80. The number of aromatic nitrogens is 1. The number of rotatable bonds is 6. The first-order valence-corrected chi connectivity index (χ1v) is 7.96. The summed E-state index contributed by atoms with van der Waals surface area (Å²) in [7, 11) is 2.03. The first-order valence-electron chi connectivity index (χ1n) is 7.96. The predicted octanol–water partition coefficient (Wildman–Crippen LogP) is 3.30. The number of nitrogens with one attached hydrogen (secondary N) is 2. The summed E-state index contributed by atoms with van der Waals surface area (Å²) in [5.41, 5.74) is 1.62. The van der Waals surface area contributed by atoms with Crippen molar-refractivity contribution in [2.75, 3.05) is 6.54 Å². The minimum atomic E-state index is 0.384. The van der Waals surface area contributed by atoms with Crippen molar-refractivity contribution < 1.29 is 0 Å². The summed E-state index contributed by atoms with van der Waals surface area (Å²) in [5, 5.41) is 6.82. The second-order valence-corrected chi connectivity index (χ2v) is 7.03. The number of nitrogens with zero attached hydrogens (tertiary/aromatic N) is 2. The molecular formula is C17H32N4. The molecule has 1 heterocycles. The number of aryl methyl sites for hydroxylation is 1. The predicted molar refractivity (Wildman–Crippen MR) is 91.5 cm³/mol. The Morgan fingerprint density at radius 2 is 2.10 bits per heavy atom. The Bertz CT molecular complexity index is 440. The molecule has 1 unspecified atom stereocenters. The molecule has 1 atom stereocenters. The maximum Gasteiger partial charge on any atom is 0.191 e. The molecule has 120 valence electrons. The number of hydrogen-bond donors (Lipinski definition) is 2. The van der Waals surface area contributed by atoms with E-state index in [2.05, 4.69) is 73.3 Å². The molecule has 0 saturated heterocycles. The lowest BCUT2D eigenvalue weighted by atomic mass is 9.89. The molecule has 0 bridgehead atoms. The quantitative estimate of drug-likeness (QED) is 0.624. The van der Waals surface area contributed by atoms with Crippen LogP contribution >= 0.6 is 0 Å². The number of guanidine groups is 1. The van der Waals surface area contributed by atoms with E-state index in [4.69, 9.17) is 0 Å². The smallest absolute Gasteiger partial charge is 0.191 e. The van der Waals surface area contributed by atoms with Crippen molar-refractivity contribution in [3.8, 4) is 0 Å². The van der Waals surface area contributed by atoms with Gasteiger partial charge in [0.2, 0.25) is 0 Å². The van der Waals surface area contributed by atoms with Crippen LogP contribution in [-0.4, -0.2) is 23.1 Å². The molecule has 0 aliphatic carbocycles. The molecule has 0 saturated carbocycles. The zero-order valence-corrected chi connectivity index (χ0v) is 14.5. The maximum absolute atomic E-state index is 4.66. The van der Waals surface area contributed by atoms with Gasteiger partial charge < -0.3 is 15.2 Å². The van der Waals surface area contributed by atoms with Gasteiger partial charge in [0.05, 0.1) is 6.54 Å². The van der Waals surface area contributed by atoms with E-state index in [9.17, 15) is 0 Å². The molecule has 0 radical (unpaired) electrons. The van der Waals surface area contributed by atoms with Crippen LogP contribution in [0.3, 0.4) is 0 Å². The van der Waals surface area contributed by atoms with E-state index in [-0.39, 0.29) is 0 Å². The molecule has 21 heavy (non-hydrogen) atoms. The maximum atomic E-state index is 4.66. The van der Waals surface area contributed by atoms with Crippen LogP contribution in [0, 0.1) is 5.41 Å². The lowest BCUT2D eigenvalue weighted by Gasteiger charge is -2.23. The second kappa shape index (κ2) is 8.11. The van der Waals surface area contributed by atoms with E-state index in [0.717, 1.165) is 18.9 Å². The van der Waals surface area contributed by atoms with Gasteiger partial charge in [0, 0.05) is 32.0 Å². The lowest BCUT2D eigenvalue weighted by Crippen LogP contribution is -2.42. The average molecular weight is 292 g/mol. The Morgan fingerprint density at radius 1 is 1.38 bits per heavy atom. The standard InChI is InChI=1S/C17H32N4/c1-7-18-16(19-12-15-9-11-21(6)13-15)20-14(2)8-10-17(3,4)5/h9,11,13-14H,7-8,10,12H2,1-6H3,(H2,18,19,20). The Kier molecular flexibility index (Phi) is 6.79. The molecule has 4 nitrogen and oxygen atoms in total. The molecule has 0 fully saturated rings. The highest BCUT2D eigenvalue weighted by Crippen LogP contribution is 2.21. The summed E-state index contributed by atoms with van der Waals surface area (Å²) >= 11 is 0. The van der Waals surface area contributed by atoms with Crippen LogP contribution in [0.5, 0.6) is 0 Å². The SMILES string of the molecule is CCNC(=NCc1ccn(C)c1)NC(C)CCC(C)(C)C. The van der Waals surface area contributed by atoms with Crippen molar-refractivity contribution in [1.82, 2.24) is 15.2 Å². The normalized spacial score (nSPS) is 14.1. The largest absolute Gasteiger partial charge is 0.357 e. The molecule has 4 heteroatoms. The Labute approximate surface area is 130 Å². The van der Waals surface area contributed by atoms with E-state index in [0.29, 0.717) is 18.0 Å². The van der Waals surface area contributed by atoms with Crippen LogP contribution in [-0.2, 0) is 13.6 Å². The first kappa shape index (κ1) is 17.6. The zero-order chi connectivity index (χ0) is 15.9. The Hall–Kier alpha value is -1.45. The van der Waals surface area contributed by atoms with Gasteiger partial charge in [0.15, 0.2) is 5.96 Å². The second-order valence-electron chi connectivity index (χ2n) is 7.03. The summed E-state index contributed by atoms with van der Waals surface area (Å²) in [4.78, 5) is 4.66. The van der Waals surface area contributed by atoms with Gasteiger partial charge in [-0.05, 0) is 43.7 Å². The fourth-order valence-corrected chi connectivity index (χ4v) is 2.10. The summed E-state index contributed by atoms with van der Waals surface area (Å²) in [5.74, 6) is 0.905. The molecule has 0 aliphatic rings. The highest BCUT2D eigenvalue weighted by Gasteiger charge is 2.13. The third kappa shape index (κ3) is 7.78. The van der Waals surface area contributed by atoms with Crippen LogP contribution in [0.4, 0.5) is 0 Å². The fraction of sp³-hybridized carbons (Fsp3) is 0.706. The van der Waals surface area contributed by atoms with Crippen molar-refractivity contribution in [3.63, 3.8) is 0 Å². The number of aliphatic imine (C=N–C) groups is 1. The van der Waals surface area contributed by atoms with Crippen molar-refractivity contribution in [3.05, 3.63) is 24.0 Å². The van der Waals surface area contributed by atoms with E-state index < -0.39 is 0 Å². The van der Waals surface area contributed by atoms with E-state index >= 15 is 0 Å². The Morgan fingerprint density at radius 3 is 2.62 bits per heavy atom. The highest BCUT2D eigenvalue weighted by atomic mass is 15.2. The molecule has 1 aromatic rings. The van der Waals surface area contributed by atoms with Gasteiger partial charge in [-0.25, -0.2) is 4.99 Å². The van der Waals surface area contributed by atoms with Crippen molar-refractivity contribution in [2.45, 2.75) is 60.0 Å². The van der Waals surface area contributed by atoms with Crippen molar-refractivity contribution in [1.29, 1.82) is 0 Å². The van der Waals surface area contributed by atoms with Crippen molar-refractivity contribution >= 4 is 5.96 Å². The third-order valence-electron chi connectivity index (χ3n) is 3.37. The molecule has 2 N–H and O–H groups in total. The van der Waals surface area contributed by atoms with E-state index in [1.165, 1.54) is 12.0 Å². The molecule has 1 rings (SSSR count). The molecule has 1 aromatic heterocycles. The summed E-state index contributed by atoms with van der Waals surface area (Å²) in [6, 6.07) is 2.54. The highest BCUT2D eigenvalue weighted by molar-refractivity contribution is 5.80. The monoisotopic (exact) mass is 292 g/mol. The molecule has 0 aromatic carbocycles. The Balaban J connectivity index is 2.51. The van der Waals surface area contributed by atoms with Gasteiger partial charge >= 0.3 is 0 Å². The molecular weight excluding hydrogens is 260 g/mol. The van der Waals surface area contributed by atoms with Crippen LogP contribution in [0.1, 0.15) is 53.0 Å². The lowest BCUT2D eigenvalue weighted by molar-refractivity contribution is 0.346. The van der Waals surface area contributed by atoms with Gasteiger partial charge in [-0.2, -0.15) is 0 Å². The van der Waals surface area contributed by atoms with Gasteiger partial charge in [-0.1, -0.05) is 20.8 Å².